The molecule has 2 N–H and O–H groups in total. The van der Waals surface area contributed by atoms with Gasteiger partial charge in [-0.25, -0.2) is 4.79 Å². The molecule has 1 aromatic carbocycles. The second kappa shape index (κ2) is 6.37. The molecular weight excluding hydrogens is 288 g/mol. The van der Waals surface area contributed by atoms with Gasteiger partial charge in [0.1, 0.15) is 0 Å². The van der Waals surface area contributed by atoms with Gasteiger partial charge in [0.25, 0.3) is 0 Å². The summed E-state index contributed by atoms with van der Waals surface area (Å²) in [5.41, 5.74) is 3.48. The van der Waals surface area contributed by atoms with Crippen LogP contribution in [0.5, 0.6) is 0 Å². The third-order valence-corrected chi connectivity index (χ3v) is 3.80. The number of ketones is 1. The van der Waals surface area contributed by atoms with Crippen LogP contribution in [-0.4, -0.2) is 22.0 Å². The van der Waals surface area contributed by atoms with Crippen LogP contribution in [0.3, 0.4) is 0 Å². The van der Waals surface area contributed by atoms with Gasteiger partial charge in [-0.2, -0.15) is 11.3 Å². The third-order valence-electron chi connectivity index (χ3n) is 3.01. The number of allylic oxidation sites excluding steroid dienone is 1. The predicted octanol–water partition coefficient (Wildman–Crippen LogP) is 3.36. The molecule has 0 bridgehead atoms. The van der Waals surface area contributed by atoms with E-state index in [2.05, 4.69) is 0 Å². The highest BCUT2D eigenvalue weighted by Crippen LogP contribution is 2.20. The number of hydrogen-bond acceptors (Lipinski definition) is 4. The van der Waals surface area contributed by atoms with E-state index in [4.69, 9.17) is 10.2 Å². The van der Waals surface area contributed by atoms with Crippen LogP contribution in [0, 0.1) is 6.92 Å². The summed E-state index contributed by atoms with van der Waals surface area (Å²) in [6, 6.07) is 7.98. The van der Waals surface area contributed by atoms with Crippen molar-refractivity contribution in [1.82, 2.24) is 0 Å². The number of benzene rings is 1. The molecule has 0 fully saturated rings. The number of carbonyl (C=O) groups excluding carboxylic acids is 1. The number of carboxylic acids is 1. The lowest BCUT2D eigenvalue weighted by molar-refractivity contribution is -0.135. The standard InChI is InChI=1S/C16H14O4S/c1-10-2-4-11(5-3-10)6-12-8-21-9-13(12)14(17)7-15(18)16(19)20/h2-5,7-9,18H,6H2,1H3,(H,19,20)/b15-7-. The smallest absolute Gasteiger partial charge is 0.371 e. The van der Waals surface area contributed by atoms with Crippen molar-refractivity contribution >= 4 is 23.1 Å². The minimum absolute atomic E-state index is 0.424. The number of aryl methyl sites for hydroxylation is 1. The monoisotopic (exact) mass is 302 g/mol. The number of rotatable bonds is 5. The topological polar surface area (TPSA) is 74.6 Å². The fourth-order valence-corrected chi connectivity index (χ4v) is 2.71. The van der Waals surface area contributed by atoms with Gasteiger partial charge >= 0.3 is 5.97 Å². The Hall–Kier alpha value is -2.40. The van der Waals surface area contributed by atoms with Crippen LogP contribution in [0.1, 0.15) is 27.0 Å². The molecule has 2 rings (SSSR count). The van der Waals surface area contributed by atoms with E-state index in [1.54, 1.807) is 5.38 Å². The molecule has 0 aliphatic rings. The van der Waals surface area contributed by atoms with Crippen molar-refractivity contribution in [3.8, 4) is 0 Å². The minimum atomic E-state index is -1.52. The Kier molecular flexibility index (Phi) is 4.55. The summed E-state index contributed by atoms with van der Waals surface area (Å²) in [5.74, 6) is -2.97. The first-order chi connectivity index (χ1) is 9.97. The summed E-state index contributed by atoms with van der Waals surface area (Å²) in [6.45, 7) is 2.00. The van der Waals surface area contributed by atoms with Crippen LogP contribution in [0.25, 0.3) is 0 Å². The summed E-state index contributed by atoms with van der Waals surface area (Å²) in [6.07, 6.45) is 1.33. The molecule has 0 radical (unpaired) electrons. The summed E-state index contributed by atoms with van der Waals surface area (Å²) >= 11 is 1.37. The van der Waals surface area contributed by atoms with Gasteiger partial charge in [0, 0.05) is 17.0 Å². The molecule has 21 heavy (non-hydrogen) atoms. The van der Waals surface area contributed by atoms with E-state index in [9.17, 15) is 9.59 Å². The van der Waals surface area contributed by atoms with Gasteiger partial charge in [-0.15, -0.1) is 0 Å². The molecule has 0 aliphatic heterocycles. The first-order valence-corrected chi connectivity index (χ1v) is 7.20. The van der Waals surface area contributed by atoms with Crippen LogP contribution < -0.4 is 0 Å². The quantitative estimate of drug-likeness (QED) is 0.504. The van der Waals surface area contributed by atoms with Crippen molar-refractivity contribution in [2.75, 3.05) is 0 Å². The van der Waals surface area contributed by atoms with Crippen molar-refractivity contribution < 1.29 is 19.8 Å². The predicted molar refractivity (Wildman–Crippen MR) is 81.0 cm³/mol. The van der Waals surface area contributed by atoms with Gasteiger partial charge in [0.05, 0.1) is 0 Å². The lowest BCUT2D eigenvalue weighted by atomic mass is 10.0. The van der Waals surface area contributed by atoms with Crippen LogP contribution in [0.15, 0.2) is 46.9 Å². The van der Waals surface area contributed by atoms with Crippen molar-refractivity contribution in [2.45, 2.75) is 13.3 Å². The Morgan fingerprint density at radius 2 is 1.81 bits per heavy atom. The highest BCUT2D eigenvalue weighted by molar-refractivity contribution is 7.08. The van der Waals surface area contributed by atoms with E-state index in [0.29, 0.717) is 12.0 Å². The molecule has 0 saturated carbocycles. The lowest BCUT2D eigenvalue weighted by Gasteiger charge is -2.03. The summed E-state index contributed by atoms with van der Waals surface area (Å²) in [5, 5.41) is 21.3. The fourth-order valence-electron chi connectivity index (χ4n) is 1.87. The molecule has 0 amide bonds. The second-order valence-corrected chi connectivity index (χ2v) is 5.42. The number of carboxylic acid groups (broad SMARTS) is 1. The molecule has 108 valence electrons. The number of aliphatic hydroxyl groups excluding tert-OH is 1. The van der Waals surface area contributed by atoms with Gasteiger partial charge < -0.3 is 10.2 Å². The zero-order valence-corrected chi connectivity index (χ0v) is 12.2. The molecule has 2 aromatic rings. The normalized spacial score (nSPS) is 11.4. The Morgan fingerprint density at radius 3 is 2.43 bits per heavy atom. The van der Waals surface area contributed by atoms with Crippen molar-refractivity contribution in [3.05, 3.63) is 69.1 Å². The summed E-state index contributed by atoms with van der Waals surface area (Å²) < 4.78 is 0. The number of aliphatic carboxylic acids is 1. The number of thiophene rings is 1. The van der Waals surface area contributed by atoms with Crippen molar-refractivity contribution in [2.24, 2.45) is 0 Å². The van der Waals surface area contributed by atoms with Crippen LogP contribution >= 0.6 is 11.3 Å². The maximum absolute atomic E-state index is 12.0. The average molecular weight is 302 g/mol. The van der Waals surface area contributed by atoms with E-state index in [1.807, 2.05) is 36.6 Å². The van der Waals surface area contributed by atoms with Crippen LogP contribution in [0.2, 0.25) is 0 Å². The highest BCUT2D eigenvalue weighted by Gasteiger charge is 2.14. The first-order valence-electron chi connectivity index (χ1n) is 6.26. The summed E-state index contributed by atoms with van der Waals surface area (Å²) in [7, 11) is 0. The number of carbonyl (C=O) groups is 2. The maximum atomic E-state index is 12.0. The molecule has 0 spiro atoms. The average Bonchev–Trinajstić information content (AvgIpc) is 2.89. The SMILES string of the molecule is Cc1ccc(Cc2cscc2C(=O)/C=C(\O)C(=O)O)cc1. The molecule has 0 aliphatic carbocycles. The highest BCUT2D eigenvalue weighted by atomic mass is 32.1. The maximum Gasteiger partial charge on any atom is 0.371 e. The van der Waals surface area contributed by atoms with E-state index in [-0.39, 0.29) is 0 Å². The zero-order valence-electron chi connectivity index (χ0n) is 11.4. The van der Waals surface area contributed by atoms with Crippen molar-refractivity contribution in [3.63, 3.8) is 0 Å². The van der Waals surface area contributed by atoms with E-state index in [0.717, 1.165) is 22.8 Å². The Labute approximate surface area is 126 Å². The lowest BCUT2D eigenvalue weighted by Crippen LogP contribution is -2.05. The van der Waals surface area contributed by atoms with Gasteiger partial charge in [-0.1, -0.05) is 29.8 Å². The molecule has 1 aromatic heterocycles. The van der Waals surface area contributed by atoms with Crippen LogP contribution in [-0.2, 0) is 11.2 Å². The first kappa shape index (κ1) is 15.0. The van der Waals surface area contributed by atoms with Gasteiger partial charge in [0.2, 0.25) is 5.76 Å². The Bertz CT molecular complexity index is 695. The molecule has 4 nitrogen and oxygen atoms in total. The van der Waals surface area contributed by atoms with Gasteiger partial charge in [0.15, 0.2) is 5.78 Å². The molecular formula is C16H14O4S. The van der Waals surface area contributed by atoms with Crippen LogP contribution in [0.4, 0.5) is 0 Å². The second-order valence-electron chi connectivity index (χ2n) is 4.67. The third kappa shape index (κ3) is 3.79. The fraction of sp³-hybridized carbons (Fsp3) is 0.125. The summed E-state index contributed by atoms with van der Waals surface area (Å²) in [4.78, 5) is 22.5. The Balaban J connectivity index is 2.22. The molecule has 0 atom stereocenters. The molecule has 0 unspecified atom stereocenters. The van der Waals surface area contributed by atoms with Gasteiger partial charge in [-0.3, -0.25) is 4.79 Å². The van der Waals surface area contributed by atoms with E-state index >= 15 is 0 Å². The van der Waals surface area contributed by atoms with E-state index in [1.165, 1.54) is 11.3 Å². The molecule has 5 heteroatoms. The molecule has 1 heterocycles. The molecule has 0 saturated heterocycles. The van der Waals surface area contributed by atoms with Crippen molar-refractivity contribution in [1.29, 1.82) is 0 Å². The number of aliphatic hydroxyl groups is 1. The largest absolute Gasteiger partial charge is 0.502 e. The zero-order chi connectivity index (χ0) is 15.4. The number of hydrogen-bond donors (Lipinski definition) is 2. The Morgan fingerprint density at radius 1 is 1.14 bits per heavy atom. The van der Waals surface area contributed by atoms with E-state index < -0.39 is 17.5 Å². The minimum Gasteiger partial charge on any atom is -0.502 e. The van der Waals surface area contributed by atoms with Gasteiger partial charge in [-0.05, 0) is 29.9 Å².